The van der Waals surface area contributed by atoms with Crippen LogP contribution in [0.1, 0.15) is 16.7 Å². The number of hydrogen-bond acceptors (Lipinski definition) is 4. The maximum atomic E-state index is 5.44. The van der Waals surface area contributed by atoms with E-state index in [0.717, 1.165) is 38.6 Å². The lowest BCUT2D eigenvalue weighted by molar-refractivity contribution is 0.0766. The second-order valence-corrected chi connectivity index (χ2v) is 5.11. The van der Waals surface area contributed by atoms with Gasteiger partial charge in [0, 0.05) is 31.2 Å². The van der Waals surface area contributed by atoms with Gasteiger partial charge >= 0.3 is 0 Å². The molecule has 0 spiro atoms. The quantitative estimate of drug-likeness (QED) is 0.843. The molecule has 0 bridgehead atoms. The highest BCUT2D eigenvalue weighted by Gasteiger charge is 2.12. The molecule has 1 fully saturated rings. The van der Waals surface area contributed by atoms with Crippen molar-refractivity contribution in [3.05, 3.63) is 28.8 Å². The zero-order valence-corrected chi connectivity index (χ0v) is 12.1. The summed E-state index contributed by atoms with van der Waals surface area (Å²) in [5.41, 5.74) is 3.78. The number of rotatable bonds is 5. The highest BCUT2D eigenvalue weighted by atomic mass is 16.5. The molecule has 0 amide bonds. The molecule has 2 N–H and O–H groups in total. The Hall–Kier alpha value is -1.10. The summed E-state index contributed by atoms with van der Waals surface area (Å²) in [5.74, 6) is 0.962. The third-order valence-corrected chi connectivity index (χ3v) is 3.60. The van der Waals surface area contributed by atoms with E-state index in [9.17, 15) is 0 Å². The fourth-order valence-electron chi connectivity index (χ4n) is 2.31. The van der Waals surface area contributed by atoms with E-state index in [0.29, 0.717) is 6.04 Å². The van der Waals surface area contributed by atoms with Gasteiger partial charge in [0.1, 0.15) is 5.75 Å². The van der Waals surface area contributed by atoms with Gasteiger partial charge < -0.3 is 20.1 Å². The van der Waals surface area contributed by atoms with E-state index in [1.54, 1.807) is 7.11 Å². The molecule has 1 unspecified atom stereocenters. The van der Waals surface area contributed by atoms with Crippen LogP contribution in [0.5, 0.6) is 5.75 Å². The fourth-order valence-corrected chi connectivity index (χ4v) is 2.31. The monoisotopic (exact) mass is 264 g/mol. The van der Waals surface area contributed by atoms with Gasteiger partial charge in [0.25, 0.3) is 0 Å². The Morgan fingerprint density at radius 3 is 2.84 bits per heavy atom. The highest BCUT2D eigenvalue weighted by Crippen LogP contribution is 2.22. The molecule has 1 atom stereocenters. The summed E-state index contributed by atoms with van der Waals surface area (Å²) in [4.78, 5) is 0. The summed E-state index contributed by atoms with van der Waals surface area (Å²) in [6.45, 7) is 8.53. The second-order valence-electron chi connectivity index (χ2n) is 5.11. The van der Waals surface area contributed by atoms with Crippen LogP contribution in [0.4, 0.5) is 0 Å². The zero-order chi connectivity index (χ0) is 13.7. The SMILES string of the molecule is COc1cc(C)c(C)cc1CNCC1COCCN1. The smallest absolute Gasteiger partial charge is 0.123 e. The Bertz CT molecular complexity index is 415. The Kier molecular flexibility index (Phi) is 5.19. The average molecular weight is 264 g/mol. The molecule has 4 heteroatoms. The van der Waals surface area contributed by atoms with Crippen molar-refractivity contribution in [3.63, 3.8) is 0 Å². The van der Waals surface area contributed by atoms with Crippen LogP contribution in [0.2, 0.25) is 0 Å². The predicted molar refractivity (Wildman–Crippen MR) is 76.8 cm³/mol. The maximum absolute atomic E-state index is 5.44. The molecule has 0 aromatic heterocycles. The topological polar surface area (TPSA) is 42.5 Å². The first-order chi connectivity index (χ1) is 9.20. The predicted octanol–water partition coefficient (Wildman–Crippen LogP) is 1.39. The van der Waals surface area contributed by atoms with Crippen molar-refractivity contribution in [3.8, 4) is 5.75 Å². The molecule has 4 nitrogen and oxygen atoms in total. The minimum atomic E-state index is 0.409. The van der Waals surface area contributed by atoms with Gasteiger partial charge in [0.2, 0.25) is 0 Å². The van der Waals surface area contributed by atoms with Crippen molar-refractivity contribution in [2.24, 2.45) is 0 Å². The van der Waals surface area contributed by atoms with Crippen LogP contribution < -0.4 is 15.4 Å². The van der Waals surface area contributed by atoms with Gasteiger partial charge in [-0.1, -0.05) is 6.07 Å². The van der Waals surface area contributed by atoms with Gasteiger partial charge in [-0.3, -0.25) is 0 Å². The number of hydrogen-bond donors (Lipinski definition) is 2. The van der Waals surface area contributed by atoms with Gasteiger partial charge in [-0.05, 0) is 31.0 Å². The first-order valence-electron chi connectivity index (χ1n) is 6.86. The van der Waals surface area contributed by atoms with Crippen molar-refractivity contribution in [1.29, 1.82) is 0 Å². The van der Waals surface area contributed by atoms with Crippen LogP contribution in [0.15, 0.2) is 12.1 Å². The first kappa shape index (κ1) is 14.3. The molecular weight excluding hydrogens is 240 g/mol. The highest BCUT2D eigenvalue weighted by molar-refractivity contribution is 5.41. The number of morpholine rings is 1. The maximum Gasteiger partial charge on any atom is 0.123 e. The zero-order valence-electron chi connectivity index (χ0n) is 12.1. The van der Waals surface area contributed by atoms with Crippen molar-refractivity contribution in [2.45, 2.75) is 26.4 Å². The van der Waals surface area contributed by atoms with E-state index in [4.69, 9.17) is 9.47 Å². The first-order valence-corrected chi connectivity index (χ1v) is 6.86. The Balaban J connectivity index is 1.89. The van der Waals surface area contributed by atoms with Crippen LogP contribution in [0.3, 0.4) is 0 Å². The Morgan fingerprint density at radius 2 is 2.16 bits per heavy atom. The van der Waals surface area contributed by atoms with E-state index in [2.05, 4.69) is 36.6 Å². The van der Waals surface area contributed by atoms with Crippen molar-refractivity contribution in [1.82, 2.24) is 10.6 Å². The van der Waals surface area contributed by atoms with Crippen molar-refractivity contribution >= 4 is 0 Å². The lowest BCUT2D eigenvalue weighted by Gasteiger charge is -2.24. The van der Waals surface area contributed by atoms with Crippen LogP contribution in [0.25, 0.3) is 0 Å². The third kappa shape index (κ3) is 3.93. The molecule has 0 aliphatic carbocycles. The molecular formula is C15H24N2O2. The minimum Gasteiger partial charge on any atom is -0.496 e. The summed E-state index contributed by atoms with van der Waals surface area (Å²) in [6.07, 6.45) is 0. The number of aryl methyl sites for hydroxylation is 2. The van der Waals surface area contributed by atoms with E-state index in [-0.39, 0.29) is 0 Å². The fraction of sp³-hybridized carbons (Fsp3) is 0.600. The van der Waals surface area contributed by atoms with Gasteiger partial charge in [-0.2, -0.15) is 0 Å². The summed E-state index contributed by atoms with van der Waals surface area (Å²) >= 11 is 0. The van der Waals surface area contributed by atoms with Gasteiger partial charge in [0.05, 0.1) is 20.3 Å². The lowest BCUT2D eigenvalue weighted by atomic mass is 10.0. The number of ether oxygens (including phenoxy) is 2. The molecule has 1 saturated heterocycles. The summed E-state index contributed by atoms with van der Waals surface area (Å²) in [7, 11) is 1.73. The van der Waals surface area contributed by atoms with E-state index < -0.39 is 0 Å². The number of methoxy groups -OCH3 is 1. The largest absolute Gasteiger partial charge is 0.496 e. The van der Waals surface area contributed by atoms with Crippen LogP contribution >= 0.6 is 0 Å². The van der Waals surface area contributed by atoms with Crippen LogP contribution in [-0.2, 0) is 11.3 Å². The lowest BCUT2D eigenvalue weighted by Crippen LogP contribution is -2.47. The molecule has 2 rings (SSSR count). The van der Waals surface area contributed by atoms with Crippen LogP contribution in [0, 0.1) is 13.8 Å². The number of nitrogens with one attached hydrogen (secondary N) is 2. The Morgan fingerprint density at radius 1 is 1.37 bits per heavy atom. The van der Waals surface area contributed by atoms with Crippen molar-refractivity contribution in [2.75, 3.05) is 33.4 Å². The summed E-state index contributed by atoms with van der Waals surface area (Å²) < 4.78 is 10.9. The van der Waals surface area contributed by atoms with E-state index in [1.165, 1.54) is 16.7 Å². The molecule has 106 valence electrons. The number of benzene rings is 1. The molecule has 1 heterocycles. The van der Waals surface area contributed by atoms with Gasteiger partial charge in [0.15, 0.2) is 0 Å². The summed E-state index contributed by atoms with van der Waals surface area (Å²) in [6, 6.07) is 4.71. The average Bonchev–Trinajstić information content (AvgIpc) is 2.43. The molecule has 1 aromatic rings. The molecule has 1 aromatic carbocycles. The minimum absolute atomic E-state index is 0.409. The Labute approximate surface area is 115 Å². The standard InChI is InChI=1S/C15H24N2O2/c1-11-6-13(15(18-3)7-12(11)2)8-16-9-14-10-19-5-4-17-14/h6-7,14,16-17H,4-5,8-10H2,1-3H3. The van der Waals surface area contributed by atoms with Crippen LogP contribution in [-0.4, -0.2) is 39.5 Å². The van der Waals surface area contributed by atoms with Crippen molar-refractivity contribution < 1.29 is 9.47 Å². The van der Waals surface area contributed by atoms with E-state index in [1.807, 2.05) is 0 Å². The molecule has 0 radical (unpaired) electrons. The molecule has 1 aliphatic rings. The molecule has 19 heavy (non-hydrogen) atoms. The van der Waals surface area contributed by atoms with Gasteiger partial charge in [-0.25, -0.2) is 0 Å². The molecule has 1 aliphatic heterocycles. The molecule has 0 saturated carbocycles. The van der Waals surface area contributed by atoms with Gasteiger partial charge in [-0.15, -0.1) is 0 Å². The second kappa shape index (κ2) is 6.89. The summed E-state index contributed by atoms with van der Waals surface area (Å²) in [5, 5.41) is 6.91. The third-order valence-electron chi connectivity index (χ3n) is 3.60. The van der Waals surface area contributed by atoms with E-state index >= 15 is 0 Å². The normalized spacial score (nSPS) is 19.4.